The lowest BCUT2D eigenvalue weighted by Crippen LogP contribution is -2.40. The van der Waals surface area contributed by atoms with Crippen molar-refractivity contribution in [2.24, 2.45) is 0 Å². The van der Waals surface area contributed by atoms with Crippen LogP contribution in [0.4, 0.5) is 0 Å². The SMILES string of the molecule is CC(C)Oc1nccc2[nH]nc(-c3cc(C(=O)NCCc4cnc(OC(C)C)c5c(-c6cc(C(=O)NC7CCC7)n(C(C)C)c6)[nH]nc45)n(C(C)C)c3)c12. The van der Waals surface area contributed by atoms with Crippen molar-refractivity contribution in [2.75, 3.05) is 6.54 Å². The highest BCUT2D eigenvalue weighted by Crippen LogP contribution is 2.37. The van der Waals surface area contributed by atoms with E-state index in [0.29, 0.717) is 47.3 Å². The molecule has 0 radical (unpaired) electrons. The summed E-state index contributed by atoms with van der Waals surface area (Å²) in [5, 5.41) is 23.4. The maximum atomic E-state index is 13.8. The molecule has 14 nitrogen and oxygen atoms in total. The van der Waals surface area contributed by atoms with Crippen LogP contribution in [0.5, 0.6) is 11.8 Å². The lowest BCUT2D eigenvalue weighted by molar-refractivity contribution is 0.0904. The van der Waals surface area contributed by atoms with E-state index in [4.69, 9.17) is 19.6 Å². The van der Waals surface area contributed by atoms with E-state index in [-0.39, 0.29) is 42.1 Å². The normalized spacial score (nSPS) is 13.5. The van der Waals surface area contributed by atoms with Gasteiger partial charge >= 0.3 is 0 Å². The number of H-pyrrole nitrogens is 2. The van der Waals surface area contributed by atoms with Crippen LogP contribution in [0, 0.1) is 0 Å². The maximum absolute atomic E-state index is 13.8. The summed E-state index contributed by atoms with van der Waals surface area (Å²) in [6.45, 7) is 16.4. The second-order valence-corrected chi connectivity index (χ2v) is 15.2. The largest absolute Gasteiger partial charge is 0.474 e. The van der Waals surface area contributed by atoms with Crippen LogP contribution in [0.2, 0.25) is 0 Å². The van der Waals surface area contributed by atoms with Crippen LogP contribution in [0.25, 0.3) is 44.3 Å². The van der Waals surface area contributed by atoms with E-state index in [1.54, 1.807) is 12.4 Å². The number of rotatable bonds is 14. The maximum Gasteiger partial charge on any atom is 0.268 e. The average molecular weight is 735 g/mol. The van der Waals surface area contributed by atoms with Crippen molar-refractivity contribution >= 4 is 33.6 Å². The summed E-state index contributed by atoms with van der Waals surface area (Å²) in [5.74, 6) is 0.667. The van der Waals surface area contributed by atoms with Gasteiger partial charge < -0.3 is 29.2 Å². The van der Waals surface area contributed by atoms with Gasteiger partial charge in [0.15, 0.2) is 0 Å². The van der Waals surface area contributed by atoms with Gasteiger partial charge in [0.05, 0.1) is 34.2 Å². The Morgan fingerprint density at radius 2 is 1.48 bits per heavy atom. The molecule has 0 unspecified atom stereocenters. The molecule has 6 aromatic rings. The Kier molecular flexibility index (Phi) is 10.2. The molecule has 1 aliphatic carbocycles. The molecule has 14 heteroatoms. The van der Waals surface area contributed by atoms with Gasteiger partial charge in [-0.2, -0.15) is 10.2 Å². The van der Waals surface area contributed by atoms with Crippen LogP contribution < -0.4 is 20.1 Å². The Morgan fingerprint density at radius 1 is 0.833 bits per heavy atom. The molecule has 6 heterocycles. The zero-order chi connectivity index (χ0) is 38.3. The molecule has 2 amide bonds. The summed E-state index contributed by atoms with van der Waals surface area (Å²) in [6, 6.07) is 5.94. The van der Waals surface area contributed by atoms with E-state index in [9.17, 15) is 9.59 Å². The zero-order valence-corrected chi connectivity index (χ0v) is 32.3. The summed E-state index contributed by atoms with van der Waals surface area (Å²) < 4.78 is 16.1. The molecule has 54 heavy (non-hydrogen) atoms. The van der Waals surface area contributed by atoms with Crippen molar-refractivity contribution in [3.63, 3.8) is 0 Å². The molecule has 0 aliphatic heterocycles. The van der Waals surface area contributed by atoms with Gasteiger partial charge in [0, 0.05) is 66.1 Å². The number of amides is 2. The summed E-state index contributed by atoms with van der Waals surface area (Å²) in [4.78, 5) is 36.3. The van der Waals surface area contributed by atoms with Crippen LogP contribution in [0.15, 0.2) is 43.0 Å². The predicted molar refractivity (Wildman–Crippen MR) is 208 cm³/mol. The number of nitrogens with zero attached hydrogens (tertiary/aromatic N) is 6. The Balaban J connectivity index is 1.15. The summed E-state index contributed by atoms with van der Waals surface area (Å²) in [5.41, 5.74) is 6.47. The van der Waals surface area contributed by atoms with Gasteiger partial charge in [-0.1, -0.05) is 0 Å². The number of nitrogens with one attached hydrogen (secondary N) is 4. The van der Waals surface area contributed by atoms with Gasteiger partial charge in [-0.05, 0) is 99.3 Å². The molecule has 0 bridgehead atoms. The fourth-order valence-electron chi connectivity index (χ4n) is 6.86. The Hall–Kier alpha value is -5.66. The lowest BCUT2D eigenvalue weighted by Gasteiger charge is -2.26. The number of carbonyl (C=O) groups excluding carboxylic acids is 2. The van der Waals surface area contributed by atoms with E-state index < -0.39 is 0 Å². The molecule has 284 valence electrons. The van der Waals surface area contributed by atoms with E-state index in [1.807, 2.05) is 81.3 Å². The Morgan fingerprint density at radius 3 is 2.13 bits per heavy atom. The Bertz CT molecular complexity index is 2300. The first-order chi connectivity index (χ1) is 25.9. The molecule has 0 spiro atoms. The predicted octanol–water partition coefficient (Wildman–Crippen LogP) is 7.16. The molecule has 7 rings (SSSR count). The molecule has 4 N–H and O–H groups in total. The van der Waals surface area contributed by atoms with Crippen molar-refractivity contribution in [2.45, 2.75) is 111 Å². The molecule has 1 fully saturated rings. The number of hydrogen-bond donors (Lipinski definition) is 4. The van der Waals surface area contributed by atoms with Crippen molar-refractivity contribution in [1.82, 2.24) is 50.1 Å². The van der Waals surface area contributed by atoms with Crippen molar-refractivity contribution in [1.29, 1.82) is 0 Å². The number of ether oxygens (including phenoxy) is 2. The summed E-state index contributed by atoms with van der Waals surface area (Å²) in [7, 11) is 0. The third kappa shape index (κ3) is 7.16. The zero-order valence-electron chi connectivity index (χ0n) is 32.3. The van der Waals surface area contributed by atoms with Gasteiger partial charge in [0.1, 0.15) is 22.6 Å². The highest BCUT2D eigenvalue weighted by molar-refractivity contribution is 6.01. The van der Waals surface area contributed by atoms with Crippen LogP contribution in [-0.4, -0.2) is 76.1 Å². The highest BCUT2D eigenvalue weighted by Gasteiger charge is 2.26. The quantitative estimate of drug-likeness (QED) is 0.0914. The fourth-order valence-corrected chi connectivity index (χ4v) is 6.86. The van der Waals surface area contributed by atoms with Crippen molar-refractivity contribution in [3.05, 3.63) is 59.9 Å². The first kappa shape index (κ1) is 36.7. The third-order valence-corrected chi connectivity index (χ3v) is 9.72. The van der Waals surface area contributed by atoms with Gasteiger partial charge in [-0.15, -0.1) is 0 Å². The Labute approximate surface area is 314 Å². The van der Waals surface area contributed by atoms with Crippen LogP contribution in [-0.2, 0) is 6.42 Å². The summed E-state index contributed by atoms with van der Waals surface area (Å²) >= 11 is 0. The number of fused-ring (bicyclic) bond motifs is 2. The second-order valence-electron chi connectivity index (χ2n) is 15.2. The standard InChI is InChI=1S/C40H50N10O4/c1-21(2)49-19-26(35-32-29(45-46-35)13-15-42-39(32)53-23(5)6)16-30(49)37(51)41-14-12-25-18-43-40(54-24(7)8)33-34(25)47-48-36(33)27-17-31(50(20-27)22(3)4)38(52)44-28-10-9-11-28/h13,15-24,28H,9-12,14H2,1-8H3,(H,41,51)(H,44,52)(H,45,46)(H,47,48). The van der Waals surface area contributed by atoms with Gasteiger partial charge in [0.25, 0.3) is 11.8 Å². The minimum absolute atomic E-state index is 0.0179. The number of aromatic amines is 2. The van der Waals surface area contributed by atoms with E-state index in [2.05, 4.69) is 44.8 Å². The number of aromatic nitrogens is 8. The average Bonchev–Trinajstić information content (AvgIpc) is 3.90. The fraction of sp³-hybridized carbons (Fsp3) is 0.450. The van der Waals surface area contributed by atoms with Crippen LogP contribution in [0.1, 0.15) is 113 Å². The number of carbonyl (C=O) groups is 2. The molecular weight excluding hydrogens is 685 g/mol. The number of pyridine rings is 2. The molecular formula is C40H50N10O4. The monoisotopic (exact) mass is 734 g/mol. The molecule has 0 atom stereocenters. The summed E-state index contributed by atoms with van der Waals surface area (Å²) in [6.07, 6.45) is 10.8. The van der Waals surface area contributed by atoms with Crippen LogP contribution >= 0.6 is 0 Å². The molecule has 6 aromatic heterocycles. The molecule has 1 saturated carbocycles. The molecule has 1 aliphatic rings. The van der Waals surface area contributed by atoms with Crippen molar-refractivity contribution < 1.29 is 19.1 Å². The van der Waals surface area contributed by atoms with Gasteiger partial charge in [-0.3, -0.25) is 19.8 Å². The minimum atomic E-state index is -0.207. The topological polar surface area (TPSA) is 170 Å². The van der Waals surface area contributed by atoms with Gasteiger partial charge in [-0.25, -0.2) is 9.97 Å². The lowest BCUT2D eigenvalue weighted by atomic mass is 9.93. The van der Waals surface area contributed by atoms with Crippen LogP contribution in [0.3, 0.4) is 0 Å². The second kappa shape index (κ2) is 15.0. The third-order valence-electron chi connectivity index (χ3n) is 9.72. The first-order valence-corrected chi connectivity index (χ1v) is 18.9. The van der Waals surface area contributed by atoms with Gasteiger partial charge in [0.2, 0.25) is 11.8 Å². The smallest absolute Gasteiger partial charge is 0.268 e. The molecule has 0 aromatic carbocycles. The number of hydrogen-bond acceptors (Lipinski definition) is 8. The van der Waals surface area contributed by atoms with E-state index >= 15 is 0 Å². The minimum Gasteiger partial charge on any atom is -0.474 e. The van der Waals surface area contributed by atoms with E-state index in [1.165, 1.54) is 0 Å². The highest BCUT2D eigenvalue weighted by atomic mass is 16.5. The first-order valence-electron chi connectivity index (χ1n) is 18.9. The molecule has 0 saturated heterocycles. The van der Waals surface area contributed by atoms with Crippen molar-refractivity contribution in [3.8, 4) is 34.3 Å². The van der Waals surface area contributed by atoms with E-state index in [0.717, 1.165) is 57.9 Å².